The van der Waals surface area contributed by atoms with Crippen LogP contribution in [-0.2, 0) is 0 Å². The van der Waals surface area contributed by atoms with Crippen molar-refractivity contribution in [1.82, 2.24) is 4.98 Å². The molecule has 0 N–H and O–H groups in total. The topological polar surface area (TPSA) is 42.4 Å². The number of para-hydroxylation sites is 3. The van der Waals surface area contributed by atoms with Gasteiger partial charge < -0.3 is 13.7 Å². The highest BCUT2D eigenvalue weighted by atomic mass is 16.3. The van der Waals surface area contributed by atoms with Gasteiger partial charge in [0.15, 0.2) is 0 Å². The maximum atomic E-state index is 6.84. The molecular formula is C51H32N2O2. The second kappa shape index (κ2) is 12.6. The van der Waals surface area contributed by atoms with Crippen molar-refractivity contribution in [2.45, 2.75) is 0 Å². The lowest BCUT2D eigenvalue weighted by atomic mass is 9.93. The summed E-state index contributed by atoms with van der Waals surface area (Å²) in [4.78, 5) is 6.75. The SMILES string of the molecule is c1ccc(N(c2ccc(-c3cccc4c3oc3ccccc34)cc2)c2cccc(-c3cc4ccccc4c4c3oc3cccc(-c5cccnc5)c34)c2)cc1. The Balaban J connectivity index is 1.07. The van der Waals surface area contributed by atoms with Crippen LogP contribution in [0, 0.1) is 0 Å². The predicted octanol–water partition coefficient (Wildman–Crippen LogP) is 14.5. The van der Waals surface area contributed by atoms with Crippen molar-refractivity contribution in [2.75, 3.05) is 4.90 Å². The molecule has 3 heterocycles. The van der Waals surface area contributed by atoms with Crippen molar-refractivity contribution in [2.24, 2.45) is 0 Å². The van der Waals surface area contributed by atoms with E-state index in [9.17, 15) is 0 Å². The zero-order chi connectivity index (χ0) is 36.3. The summed E-state index contributed by atoms with van der Waals surface area (Å²) in [5.41, 5.74) is 13.2. The molecule has 0 amide bonds. The minimum Gasteiger partial charge on any atom is -0.455 e. The van der Waals surface area contributed by atoms with Gasteiger partial charge in [-0.15, -0.1) is 0 Å². The average molecular weight is 705 g/mol. The second-order valence-electron chi connectivity index (χ2n) is 13.9. The third-order valence-corrected chi connectivity index (χ3v) is 10.7. The number of pyridine rings is 1. The number of rotatable bonds is 6. The average Bonchev–Trinajstić information content (AvgIpc) is 3.84. The standard InChI is InChI=1S/C51H32N2O2/c1-2-15-37(16-3-1)53(38-27-25-33(26-28-38)42-21-9-22-44-43-19-6-7-23-46(43)54-50(42)44)39-17-8-13-34(30-39)45-31-35-12-4-5-18-40(35)49-48-41(36-14-11-29-52-32-36)20-10-24-47(48)55-51(45)49/h1-32H. The van der Waals surface area contributed by atoms with Gasteiger partial charge in [0, 0.05) is 67.7 Å². The lowest BCUT2D eigenvalue weighted by Crippen LogP contribution is -2.09. The molecule has 0 spiro atoms. The molecule has 11 aromatic rings. The lowest BCUT2D eigenvalue weighted by molar-refractivity contribution is 0.670. The van der Waals surface area contributed by atoms with Gasteiger partial charge in [0.05, 0.1) is 0 Å². The van der Waals surface area contributed by atoms with Crippen LogP contribution in [0.3, 0.4) is 0 Å². The van der Waals surface area contributed by atoms with E-state index in [0.717, 1.165) is 105 Å². The molecule has 11 rings (SSSR count). The Morgan fingerprint density at radius 1 is 0.382 bits per heavy atom. The second-order valence-corrected chi connectivity index (χ2v) is 13.9. The first-order chi connectivity index (χ1) is 27.3. The number of benzene rings is 8. The van der Waals surface area contributed by atoms with Gasteiger partial charge >= 0.3 is 0 Å². The summed E-state index contributed by atoms with van der Waals surface area (Å²) in [5, 5.41) is 6.80. The Hall–Kier alpha value is -7.43. The number of fused-ring (bicyclic) bond motifs is 8. The van der Waals surface area contributed by atoms with Crippen molar-refractivity contribution in [1.29, 1.82) is 0 Å². The molecule has 3 aromatic heterocycles. The zero-order valence-electron chi connectivity index (χ0n) is 29.7. The van der Waals surface area contributed by atoms with Gasteiger partial charge in [0.2, 0.25) is 0 Å². The smallest absolute Gasteiger partial charge is 0.143 e. The third-order valence-electron chi connectivity index (χ3n) is 10.7. The van der Waals surface area contributed by atoms with Crippen molar-refractivity contribution >= 4 is 71.7 Å². The summed E-state index contributed by atoms with van der Waals surface area (Å²) < 4.78 is 13.2. The van der Waals surface area contributed by atoms with Crippen LogP contribution in [0.15, 0.2) is 203 Å². The van der Waals surface area contributed by atoms with Crippen molar-refractivity contribution in [3.63, 3.8) is 0 Å². The summed E-state index contributed by atoms with van der Waals surface area (Å²) in [7, 11) is 0. The third kappa shape index (κ3) is 5.11. The number of aromatic nitrogens is 1. The number of furan rings is 2. The fraction of sp³-hybridized carbons (Fsp3) is 0. The largest absolute Gasteiger partial charge is 0.455 e. The molecule has 0 saturated carbocycles. The molecule has 0 radical (unpaired) electrons. The van der Waals surface area contributed by atoms with Gasteiger partial charge in [-0.05, 0) is 88.1 Å². The molecule has 0 unspecified atom stereocenters. The summed E-state index contributed by atoms with van der Waals surface area (Å²) in [6.07, 6.45) is 3.74. The molecule has 0 aliphatic rings. The normalized spacial score (nSPS) is 11.6. The molecule has 0 bridgehead atoms. The Morgan fingerprint density at radius 2 is 1.05 bits per heavy atom. The monoisotopic (exact) mass is 704 g/mol. The quantitative estimate of drug-likeness (QED) is 0.173. The van der Waals surface area contributed by atoms with Gasteiger partial charge in [-0.2, -0.15) is 0 Å². The maximum absolute atomic E-state index is 6.84. The van der Waals surface area contributed by atoms with E-state index in [1.807, 2.05) is 30.6 Å². The number of anilines is 3. The van der Waals surface area contributed by atoms with E-state index in [1.54, 1.807) is 0 Å². The Kier molecular flexibility index (Phi) is 7.14. The van der Waals surface area contributed by atoms with Crippen LogP contribution in [0.25, 0.3) is 88.0 Å². The molecule has 8 aromatic carbocycles. The van der Waals surface area contributed by atoms with Gasteiger partial charge in [-0.1, -0.05) is 121 Å². The van der Waals surface area contributed by atoms with Crippen LogP contribution in [-0.4, -0.2) is 4.98 Å². The molecule has 0 saturated heterocycles. The highest BCUT2D eigenvalue weighted by Crippen LogP contribution is 2.46. The first-order valence-electron chi connectivity index (χ1n) is 18.5. The van der Waals surface area contributed by atoms with E-state index in [1.165, 1.54) is 0 Å². The first-order valence-corrected chi connectivity index (χ1v) is 18.5. The molecule has 0 aliphatic heterocycles. The van der Waals surface area contributed by atoms with Gasteiger partial charge in [-0.3, -0.25) is 4.98 Å². The maximum Gasteiger partial charge on any atom is 0.143 e. The minimum absolute atomic E-state index is 0.856. The number of hydrogen-bond acceptors (Lipinski definition) is 4. The minimum atomic E-state index is 0.856. The van der Waals surface area contributed by atoms with Crippen LogP contribution in [0.2, 0.25) is 0 Å². The van der Waals surface area contributed by atoms with Crippen LogP contribution >= 0.6 is 0 Å². The number of hydrogen-bond donors (Lipinski definition) is 0. The molecule has 0 aliphatic carbocycles. The summed E-state index contributed by atoms with van der Waals surface area (Å²) in [5.74, 6) is 0. The molecular weight excluding hydrogens is 673 g/mol. The van der Waals surface area contributed by atoms with Gasteiger partial charge in [0.25, 0.3) is 0 Å². The fourth-order valence-corrected chi connectivity index (χ4v) is 8.25. The van der Waals surface area contributed by atoms with E-state index in [4.69, 9.17) is 8.83 Å². The van der Waals surface area contributed by atoms with Crippen LogP contribution in [0.1, 0.15) is 0 Å². The molecule has 4 heteroatoms. The van der Waals surface area contributed by atoms with Gasteiger partial charge in [-0.25, -0.2) is 0 Å². The summed E-state index contributed by atoms with van der Waals surface area (Å²) in [6, 6.07) is 64.0. The zero-order valence-corrected chi connectivity index (χ0v) is 29.7. The Morgan fingerprint density at radius 3 is 1.93 bits per heavy atom. The van der Waals surface area contributed by atoms with E-state index in [-0.39, 0.29) is 0 Å². The molecule has 258 valence electrons. The van der Waals surface area contributed by atoms with Crippen molar-refractivity contribution in [3.05, 3.63) is 194 Å². The lowest BCUT2D eigenvalue weighted by Gasteiger charge is -2.26. The van der Waals surface area contributed by atoms with Crippen LogP contribution < -0.4 is 4.90 Å². The van der Waals surface area contributed by atoms with Crippen molar-refractivity contribution < 1.29 is 8.83 Å². The highest BCUT2D eigenvalue weighted by Gasteiger charge is 2.21. The molecule has 0 atom stereocenters. The summed E-state index contributed by atoms with van der Waals surface area (Å²) >= 11 is 0. The van der Waals surface area contributed by atoms with Gasteiger partial charge in [0.1, 0.15) is 22.3 Å². The van der Waals surface area contributed by atoms with E-state index >= 15 is 0 Å². The predicted molar refractivity (Wildman–Crippen MR) is 227 cm³/mol. The van der Waals surface area contributed by atoms with E-state index < -0.39 is 0 Å². The fourth-order valence-electron chi connectivity index (χ4n) is 8.25. The Labute approximate surface area is 317 Å². The molecule has 4 nitrogen and oxygen atoms in total. The molecule has 0 fully saturated rings. The van der Waals surface area contributed by atoms with Crippen LogP contribution in [0.4, 0.5) is 17.1 Å². The van der Waals surface area contributed by atoms with E-state index in [0.29, 0.717) is 0 Å². The Bertz CT molecular complexity index is 3200. The summed E-state index contributed by atoms with van der Waals surface area (Å²) in [6.45, 7) is 0. The van der Waals surface area contributed by atoms with Crippen LogP contribution in [0.5, 0.6) is 0 Å². The molecule has 55 heavy (non-hydrogen) atoms. The number of nitrogens with zero attached hydrogens (tertiary/aromatic N) is 2. The highest BCUT2D eigenvalue weighted by molar-refractivity contribution is 6.25. The first kappa shape index (κ1) is 31.1. The van der Waals surface area contributed by atoms with E-state index in [2.05, 4.69) is 174 Å². The van der Waals surface area contributed by atoms with Crippen molar-refractivity contribution in [3.8, 4) is 33.4 Å².